The average Bonchev–Trinajstić information content (AvgIpc) is 2.82. The highest BCUT2D eigenvalue weighted by Gasteiger charge is 2.32. The van der Waals surface area contributed by atoms with Crippen LogP contribution < -0.4 is 0 Å². The first-order valence-electron chi connectivity index (χ1n) is 8.20. The molecule has 0 spiro atoms. The third-order valence-electron chi connectivity index (χ3n) is 4.23. The van der Waals surface area contributed by atoms with Gasteiger partial charge in [0.15, 0.2) is 6.10 Å². The van der Waals surface area contributed by atoms with Crippen molar-refractivity contribution >= 4 is 50.1 Å². The summed E-state index contributed by atoms with van der Waals surface area (Å²) in [5.41, 5.74) is 2.29. The first-order chi connectivity index (χ1) is 11.2. The highest BCUT2D eigenvalue weighted by molar-refractivity contribution is 14.1. The van der Waals surface area contributed by atoms with E-state index in [0.717, 1.165) is 32.3 Å². The third kappa shape index (κ3) is 3.32. The number of ether oxygens (including phenoxy) is 1. The second kappa shape index (κ2) is 6.53. The molecule has 2 aromatic rings. The van der Waals surface area contributed by atoms with Crippen molar-refractivity contribution in [3.05, 3.63) is 25.3 Å². The molecule has 0 saturated heterocycles. The number of pyridine rings is 1. The van der Waals surface area contributed by atoms with Crippen molar-refractivity contribution in [2.24, 2.45) is 0 Å². The van der Waals surface area contributed by atoms with Crippen LogP contribution in [0.5, 0.6) is 0 Å². The largest absolute Gasteiger partial charge is 0.479 e. The number of rotatable bonds is 3. The summed E-state index contributed by atoms with van der Waals surface area (Å²) >= 11 is 4.06. The van der Waals surface area contributed by atoms with Gasteiger partial charge in [0.1, 0.15) is 4.83 Å². The molecule has 1 aliphatic carbocycles. The topological polar surface area (TPSA) is 59.4 Å². The van der Waals surface area contributed by atoms with Gasteiger partial charge in [0.25, 0.3) is 0 Å². The fourth-order valence-corrected chi connectivity index (χ4v) is 6.01. The number of aromatic nitrogens is 1. The van der Waals surface area contributed by atoms with E-state index in [1.807, 2.05) is 27.7 Å². The predicted octanol–water partition coefficient (Wildman–Crippen LogP) is 5.03. The Bertz CT molecular complexity index is 807. The Morgan fingerprint density at radius 1 is 1.33 bits per heavy atom. The van der Waals surface area contributed by atoms with Crippen molar-refractivity contribution in [3.8, 4) is 0 Å². The molecule has 24 heavy (non-hydrogen) atoms. The molecule has 1 N–H and O–H groups in total. The van der Waals surface area contributed by atoms with E-state index >= 15 is 0 Å². The van der Waals surface area contributed by atoms with E-state index in [-0.39, 0.29) is 0 Å². The predicted molar refractivity (Wildman–Crippen MR) is 105 cm³/mol. The van der Waals surface area contributed by atoms with Crippen LogP contribution in [0.2, 0.25) is 0 Å². The minimum atomic E-state index is -0.993. The molecule has 6 heteroatoms. The molecule has 2 aromatic heterocycles. The Kier molecular flexibility index (Phi) is 4.92. The lowest BCUT2D eigenvalue weighted by Gasteiger charge is -2.26. The van der Waals surface area contributed by atoms with Crippen LogP contribution in [0.15, 0.2) is 0 Å². The van der Waals surface area contributed by atoms with Gasteiger partial charge in [-0.15, -0.1) is 11.3 Å². The minimum absolute atomic E-state index is 0.540. The Balaban J connectivity index is 2.21. The molecule has 0 aliphatic heterocycles. The normalized spacial score (nSPS) is 16.2. The molecule has 2 heterocycles. The average molecular weight is 459 g/mol. The van der Waals surface area contributed by atoms with Gasteiger partial charge < -0.3 is 9.84 Å². The van der Waals surface area contributed by atoms with Gasteiger partial charge in [-0.2, -0.15) is 0 Å². The number of thiophene rings is 1. The van der Waals surface area contributed by atoms with E-state index in [1.54, 1.807) is 11.3 Å². The molecule has 1 aliphatic rings. The summed E-state index contributed by atoms with van der Waals surface area (Å²) in [5, 5.41) is 10.9. The van der Waals surface area contributed by atoms with Crippen molar-refractivity contribution in [1.82, 2.24) is 4.98 Å². The fraction of sp³-hybridized carbons (Fsp3) is 0.556. The number of nitrogens with zero attached hydrogens (tertiary/aromatic N) is 1. The lowest BCUT2D eigenvalue weighted by Crippen LogP contribution is -2.28. The van der Waals surface area contributed by atoms with Crippen LogP contribution in [-0.4, -0.2) is 21.7 Å². The molecule has 0 saturated carbocycles. The summed E-state index contributed by atoms with van der Waals surface area (Å²) in [6.07, 6.45) is 3.61. The van der Waals surface area contributed by atoms with E-state index in [1.165, 1.54) is 23.3 Å². The molecule has 1 atom stereocenters. The van der Waals surface area contributed by atoms with Crippen LogP contribution in [-0.2, 0) is 22.4 Å². The SMILES string of the molecule is Cc1nc2sc3c(c2c(I)c1C(OC(C)(C)C)C(=O)O)CCCC3. The summed E-state index contributed by atoms with van der Waals surface area (Å²) in [6, 6.07) is 0. The maximum atomic E-state index is 11.9. The smallest absolute Gasteiger partial charge is 0.337 e. The number of carbonyl (C=O) groups is 1. The lowest BCUT2D eigenvalue weighted by atomic mass is 9.95. The Labute approximate surface area is 159 Å². The Morgan fingerprint density at radius 3 is 2.62 bits per heavy atom. The van der Waals surface area contributed by atoms with E-state index in [2.05, 4.69) is 22.6 Å². The molecule has 3 rings (SSSR count). The molecule has 0 fully saturated rings. The second-order valence-corrected chi connectivity index (χ2v) is 9.43. The zero-order valence-electron chi connectivity index (χ0n) is 14.4. The number of halogens is 1. The van der Waals surface area contributed by atoms with Crippen LogP contribution in [0.25, 0.3) is 10.2 Å². The number of carboxylic acid groups (broad SMARTS) is 1. The van der Waals surface area contributed by atoms with Crippen molar-refractivity contribution in [1.29, 1.82) is 0 Å². The summed E-state index contributed by atoms with van der Waals surface area (Å²) in [7, 11) is 0. The summed E-state index contributed by atoms with van der Waals surface area (Å²) in [5.74, 6) is -0.962. The van der Waals surface area contributed by atoms with E-state index < -0.39 is 17.7 Å². The van der Waals surface area contributed by atoms with Crippen LogP contribution in [0.1, 0.15) is 61.4 Å². The van der Waals surface area contributed by atoms with Crippen LogP contribution >= 0.6 is 33.9 Å². The van der Waals surface area contributed by atoms with E-state index in [0.29, 0.717) is 5.56 Å². The molecular formula is C18H22INO3S. The maximum absolute atomic E-state index is 11.9. The van der Waals surface area contributed by atoms with Gasteiger partial charge >= 0.3 is 5.97 Å². The highest BCUT2D eigenvalue weighted by atomic mass is 127. The Morgan fingerprint density at radius 2 is 2.00 bits per heavy atom. The van der Waals surface area contributed by atoms with Gasteiger partial charge in [0.05, 0.1) is 5.60 Å². The van der Waals surface area contributed by atoms with Crippen molar-refractivity contribution in [2.45, 2.75) is 65.1 Å². The van der Waals surface area contributed by atoms with Crippen LogP contribution in [0.3, 0.4) is 0 Å². The Hall–Kier alpha value is -0.730. The first-order valence-corrected chi connectivity index (χ1v) is 10.1. The second-order valence-electron chi connectivity index (χ2n) is 7.26. The quantitative estimate of drug-likeness (QED) is 0.655. The molecule has 4 nitrogen and oxygen atoms in total. The van der Waals surface area contributed by atoms with E-state index in [4.69, 9.17) is 9.72 Å². The van der Waals surface area contributed by atoms with Gasteiger partial charge in [-0.1, -0.05) is 0 Å². The molecular weight excluding hydrogens is 437 g/mol. The summed E-state index contributed by atoms with van der Waals surface area (Å²) < 4.78 is 6.87. The van der Waals surface area contributed by atoms with E-state index in [9.17, 15) is 9.90 Å². The molecule has 0 amide bonds. The first kappa shape index (κ1) is 18.1. The molecule has 0 aromatic carbocycles. The van der Waals surface area contributed by atoms with Crippen molar-refractivity contribution < 1.29 is 14.6 Å². The molecule has 0 bridgehead atoms. The fourth-order valence-electron chi connectivity index (χ4n) is 3.25. The third-order valence-corrected chi connectivity index (χ3v) is 6.53. The zero-order valence-corrected chi connectivity index (χ0v) is 17.4. The van der Waals surface area contributed by atoms with Crippen molar-refractivity contribution in [3.63, 3.8) is 0 Å². The number of aliphatic carboxylic acids is 1. The summed E-state index contributed by atoms with van der Waals surface area (Å²) in [4.78, 5) is 19.1. The van der Waals surface area contributed by atoms with Crippen molar-refractivity contribution in [2.75, 3.05) is 0 Å². The monoisotopic (exact) mass is 459 g/mol. The highest BCUT2D eigenvalue weighted by Crippen LogP contribution is 2.41. The number of aryl methyl sites for hydroxylation is 3. The zero-order chi connectivity index (χ0) is 17.6. The number of hydrogen-bond donors (Lipinski definition) is 1. The molecule has 1 unspecified atom stereocenters. The number of fused-ring (bicyclic) bond motifs is 3. The van der Waals surface area contributed by atoms with Gasteiger partial charge in [-0.05, 0) is 81.5 Å². The van der Waals surface area contributed by atoms with Crippen LogP contribution in [0, 0.1) is 10.5 Å². The maximum Gasteiger partial charge on any atom is 0.337 e. The standard InChI is InChI=1S/C18H22INO3S/c1-9-12(15(17(21)22)23-18(2,3)4)14(19)13-10-7-5-6-8-11(10)24-16(13)20-9/h15H,5-8H2,1-4H3,(H,21,22). The van der Waals surface area contributed by atoms with Gasteiger partial charge in [0.2, 0.25) is 0 Å². The van der Waals surface area contributed by atoms with Gasteiger partial charge in [0, 0.05) is 25.1 Å². The van der Waals surface area contributed by atoms with Gasteiger partial charge in [-0.3, -0.25) is 0 Å². The minimum Gasteiger partial charge on any atom is -0.479 e. The van der Waals surface area contributed by atoms with Crippen LogP contribution in [0.4, 0.5) is 0 Å². The number of hydrogen-bond acceptors (Lipinski definition) is 4. The summed E-state index contributed by atoms with van der Waals surface area (Å²) in [6.45, 7) is 7.52. The molecule has 0 radical (unpaired) electrons. The molecule has 130 valence electrons. The lowest BCUT2D eigenvalue weighted by molar-refractivity contribution is -0.160. The van der Waals surface area contributed by atoms with Gasteiger partial charge in [-0.25, -0.2) is 9.78 Å². The number of carboxylic acids is 1.